The smallest absolute Gasteiger partial charge is 0.128 e. The van der Waals surface area contributed by atoms with E-state index in [0.29, 0.717) is 15.6 Å². The van der Waals surface area contributed by atoms with E-state index in [1.807, 2.05) is 13.0 Å². The number of hydrogen-bond donors (Lipinski definition) is 1. The molecule has 4 heteroatoms. The maximum absolute atomic E-state index is 14.0. The molecule has 0 spiro atoms. The van der Waals surface area contributed by atoms with Crippen LogP contribution in [0.2, 0.25) is 10.0 Å². The number of benzene rings is 2. The van der Waals surface area contributed by atoms with Gasteiger partial charge in [-0.15, -0.1) is 0 Å². The molecular weight excluding hydrogens is 284 g/mol. The van der Waals surface area contributed by atoms with Crippen molar-refractivity contribution in [2.75, 3.05) is 7.05 Å². The zero-order chi connectivity index (χ0) is 14.0. The molecular formula is C15H14Cl2FN. The second-order valence-electron chi connectivity index (χ2n) is 4.45. The molecule has 1 nitrogen and oxygen atoms in total. The van der Waals surface area contributed by atoms with E-state index in [2.05, 4.69) is 5.32 Å². The highest BCUT2D eigenvalue weighted by Gasteiger charge is 2.17. The van der Waals surface area contributed by atoms with Crippen LogP contribution in [-0.2, 0) is 0 Å². The molecule has 0 saturated heterocycles. The van der Waals surface area contributed by atoms with Crippen molar-refractivity contribution in [3.8, 4) is 0 Å². The lowest BCUT2D eigenvalue weighted by Crippen LogP contribution is -2.19. The molecule has 0 amide bonds. The van der Waals surface area contributed by atoms with Gasteiger partial charge < -0.3 is 5.32 Å². The Kier molecular flexibility index (Phi) is 4.46. The van der Waals surface area contributed by atoms with E-state index in [-0.39, 0.29) is 11.9 Å². The largest absolute Gasteiger partial charge is 0.309 e. The first-order chi connectivity index (χ1) is 9.01. The minimum atomic E-state index is -0.281. The second kappa shape index (κ2) is 5.91. The van der Waals surface area contributed by atoms with Crippen molar-refractivity contribution in [1.29, 1.82) is 0 Å². The molecule has 19 heavy (non-hydrogen) atoms. The van der Waals surface area contributed by atoms with Crippen molar-refractivity contribution in [2.24, 2.45) is 0 Å². The summed E-state index contributed by atoms with van der Waals surface area (Å²) in [5.74, 6) is -0.249. The Morgan fingerprint density at radius 3 is 2.26 bits per heavy atom. The lowest BCUT2D eigenvalue weighted by atomic mass is 9.97. The van der Waals surface area contributed by atoms with Crippen molar-refractivity contribution < 1.29 is 4.39 Å². The summed E-state index contributed by atoms with van der Waals surface area (Å²) in [6.07, 6.45) is 0. The fourth-order valence-electron chi connectivity index (χ4n) is 2.13. The van der Waals surface area contributed by atoms with Crippen LogP contribution in [-0.4, -0.2) is 7.05 Å². The summed E-state index contributed by atoms with van der Waals surface area (Å²) in [7, 11) is 1.78. The highest BCUT2D eigenvalue weighted by Crippen LogP contribution is 2.29. The number of nitrogens with one attached hydrogen (secondary N) is 1. The van der Waals surface area contributed by atoms with E-state index in [4.69, 9.17) is 23.2 Å². The van der Waals surface area contributed by atoms with Crippen LogP contribution in [0.25, 0.3) is 0 Å². The molecule has 1 N–H and O–H groups in total. The molecule has 2 aromatic rings. The second-order valence-corrected chi connectivity index (χ2v) is 5.32. The first-order valence-corrected chi connectivity index (χ1v) is 6.66. The Morgan fingerprint density at radius 2 is 1.68 bits per heavy atom. The molecule has 0 aliphatic carbocycles. The summed E-state index contributed by atoms with van der Waals surface area (Å²) < 4.78 is 14.0. The van der Waals surface area contributed by atoms with Gasteiger partial charge in [0.2, 0.25) is 0 Å². The van der Waals surface area contributed by atoms with Gasteiger partial charge in [-0.1, -0.05) is 40.9 Å². The molecule has 1 unspecified atom stereocenters. The molecule has 0 aromatic heterocycles. The van der Waals surface area contributed by atoms with Gasteiger partial charge in [0.05, 0.1) is 6.04 Å². The Balaban J connectivity index is 2.52. The van der Waals surface area contributed by atoms with Gasteiger partial charge in [-0.2, -0.15) is 0 Å². The molecule has 0 fully saturated rings. The predicted octanol–water partition coefficient (Wildman–Crippen LogP) is 4.75. The Hall–Kier alpha value is -1.09. The lowest BCUT2D eigenvalue weighted by molar-refractivity contribution is 0.575. The first-order valence-electron chi connectivity index (χ1n) is 5.90. The van der Waals surface area contributed by atoms with Crippen LogP contribution in [0.4, 0.5) is 4.39 Å². The zero-order valence-electron chi connectivity index (χ0n) is 10.7. The van der Waals surface area contributed by atoms with Crippen LogP contribution in [0.15, 0.2) is 36.4 Å². The Labute approximate surface area is 122 Å². The number of halogens is 3. The van der Waals surface area contributed by atoms with Gasteiger partial charge >= 0.3 is 0 Å². The minimum Gasteiger partial charge on any atom is -0.309 e. The van der Waals surface area contributed by atoms with Crippen LogP contribution >= 0.6 is 23.2 Å². The van der Waals surface area contributed by atoms with Gasteiger partial charge in [0, 0.05) is 15.6 Å². The molecule has 0 saturated carbocycles. The van der Waals surface area contributed by atoms with Crippen LogP contribution in [0, 0.1) is 12.7 Å². The lowest BCUT2D eigenvalue weighted by Gasteiger charge is -2.19. The van der Waals surface area contributed by atoms with E-state index < -0.39 is 0 Å². The van der Waals surface area contributed by atoms with E-state index in [1.165, 1.54) is 6.07 Å². The van der Waals surface area contributed by atoms with Crippen molar-refractivity contribution in [3.05, 3.63) is 69.0 Å². The van der Waals surface area contributed by atoms with Gasteiger partial charge in [-0.05, 0) is 43.8 Å². The molecule has 0 bridgehead atoms. The first kappa shape index (κ1) is 14.3. The van der Waals surface area contributed by atoms with Crippen LogP contribution in [0.1, 0.15) is 22.7 Å². The quantitative estimate of drug-likeness (QED) is 0.862. The van der Waals surface area contributed by atoms with Gasteiger partial charge in [0.15, 0.2) is 0 Å². The normalized spacial score (nSPS) is 12.5. The molecule has 0 aliphatic heterocycles. The topological polar surface area (TPSA) is 12.0 Å². The molecule has 0 radical (unpaired) electrons. The molecule has 2 aromatic carbocycles. The Bertz CT molecular complexity index is 578. The highest BCUT2D eigenvalue weighted by atomic mass is 35.5. The van der Waals surface area contributed by atoms with Gasteiger partial charge in [-0.3, -0.25) is 0 Å². The van der Waals surface area contributed by atoms with E-state index in [1.54, 1.807) is 31.3 Å². The minimum absolute atomic E-state index is 0.249. The molecule has 100 valence electrons. The molecule has 0 aliphatic rings. The maximum Gasteiger partial charge on any atom is 0.128 e. The summed E-state index contributed by atoms with van der Waals surface area (Å²) in [5, 5.41) is 4.18. The maximum atomic E-state index is 14.0. The third-order valence-corrected chi connectivity index (χ3v) is 3.41. The Morgan fingerprint density at radius 1 is 1.05 bits per heavy atom. The van der Waals surface area contributed by atoms with Crippen molar-refractivity contribution in [1.82, 2.24) is 5.32 Å². The number of aryl methyl sites for hydroxylation is 1. The summed E-state index contributed by atoms with van der Waals surface area (Å²) in [6, 6.07) is 10.00. The average Bonchev–Trinajstić information content (AvgIpc) is 2.33. The van der Waals surface area contributed by atoms with Crippen LogP contribution < -0.4 is 5.32 Å². The standard InChI is InChI=1S/C15H14Cl2FN/c1-9-3-4-14(18)13(5-9)15(19-2)10-6-11(16)8-12(17)7-10/h3-8,15,19H,1-2H3. The molecule has 0 heterocycles. The van der Waals surface area contributed by atoms with Crippen molar-refractivity contribution in [3.63, 3.8) is 0 Å². The van der Waals surface area contributed by atoms with E-state index in [9.17, 15) is 4.39 Å². The van der Waals surface area contributed by atoms with Gasteiger partial charge in [-0.25, -0.2) is 4.39 Å². The summed E-state index contributed by atoms with van der Waals surface area (Å²) >= 11 is 12.0. The average molecular weight is 298 g/mol. The van der Waals surface area contributed by atoms with E-state index in [0.717, 1.165) is 11.1 Å². The monoisotopic (exact) mass is 297 g/mol. The van der Waals surface area contributed by atoms with Crippen molar-refractivity contribution in [2.45, 2.75) is 13.0 Å². The fourth-order valence-corrected chi connectivity index (χ4v) is 2.67. The SMILES string of the molecule is CNC(c1cc(Cl)cc(Cl)c1)c1cc(C)ccc1F. The summed E-state index contributed by atoms with van der Waals surface area (Å²) in [5.41, 5.74) is 2.43. The van der Waals surface area contributed by atoms with Crippen LogP contribution in [0.5, 0.6) is 0 Å². The van der Waals surface area contributed by atoms with E-state index >= 15 is 0 Å². The summed E-state index contributed by atoms with van der Waals surface area (Å²) in [4.78, 5) is 0. The third-order valence-electron chi connectivity index (χ3n) is 2.97. The van der Waals surface area contributed by atoms with Crippen LogP contribution in [0.3, 0.4) is 0 Å². The van der Waals surface area contributed by atoms with Gasteiger partial charge in [0.25, 0.3) is 0 Å². The third kappa shape index (κ3) is 3.27. The fraction of sp³-hybridized carbons (Fsp3) is 0.200. The van der Waals surface area contributed by atoms with Crippen molar-refractivity contribution >= 4 is 23.2 Å². The highest BCUT2D eigenvalue weighted by molar-refractivity contribution is 6.34. The molecule has 1 atom stereocenters. The predicted molar refractivity (Wildman–Crippen MR) is 78.5 cm³/mol. The number of rotatable bonds is 3. The summed E-state index contributed by atoms with van der Waals surface area (Å²) in [6.45, 7) is 1.93. The number of hydrogen-bond acceptors (Lipinski definition) is 1. The zero-order valence-corrected chi connectivity index (χ0v) is 12.2. The van der Waals surface area contributed by atoms with Gasteiger partial charge in [0.1, 0.15) is 5.82 Å². The molecule has 2 rings (SSSR count).